The molecular formula is C19H27N3O2. The number of likely N-dealkylation sites (tertiary alicyclic amines) is 1. The predicted molar refractivity (Wildman–Crippen MR) is 94.1 cm³/mol. The molecule has 1 saturated heterocycles. The van der Waals surface area contributed by atoms with Crippen LogP contribution in [-0.2, 0) is 24.8 Å². The Kier molecular flexibility index (Phi) is 5.53. The predicted octanol–water partition coefficient (Wildman–Crippen LogP) is 2.51. The molecule has 1 aromatic carbocycles. The van der Waals surface area contributed by atoms with Crippen LogP contribution in [0, 0.1) is 5.92 Å². The van der Waals surface area contributed by atoms with Crippen molar-refractivity contribution >= 4 is 0 Å². The van der Waals surface area contributed by atoms with Crippen LogP contribution in [0.4, 0.5) is 0 Å². The summed E-state index contributed by atoms with van der Waals surface area (Å²) in [6.45, 7) is 3.09. The number of aromatic nitrogens is 2. The van der Waals surface area contributed by atoms with Gasteiger partial charge in [-0.2, -0.15) is 5.10 Å². The van der Waals surface area contributed by atoms with E-state index in [0.29, 0.717) is 12.0 Å². The summed E-state index contributed by atoms with van der Waals surface area (Å²) >= 11 is 0. The molecule has 2 atom stereocenters. The third-order valence-electron chi connectivity index (χ3n) is 4.87. The summed E-state index contributed by atoms with van der Waals surface area (Å²) < 4.78 is 12.9. The molecule has 1 aliphatic rings. The fraction of sp³-hybridized carbons (Fsp3) is 0.526. The number of rotatable bonds is 6. The average molecular weight is 329 g/mol. The first kappa shape index (κ1) is 17.0. The molecule has 0 unspecified atom stereocenters. The summed E-state index contributed by atoms with van der Waals surface area (Å²) in [5.41, 5.74) is 2.61. The maximum Gasteiger partial charge on any atom is 0.118 e. The van der Waals surface area contributed by atoms with Gasteiger partial charge in [0.25, 0.3) is 0 Å². The van der Waals surface area contributed by atoms with Gasteiger partial charge in [-0.3, -0.25) is 9.58 Å². The molecule has 1 fully saturated rings. The molecule has 1 aromatic heterocycles. The maximum atomic E-state index is 5.76. The molecule has 0 radical (unpaired) electrons. The number of ether oxygens (including phenoxy) is 2. The summed E-state index contributed by atoms with van der Waals surface area (Å²) in [7, 11) is 5.50. The van der Waals surface area contributed by atoms with Crippen LogP contribution in [0.25, 0.3) is 0 Å². The van der Waals surface area contributed by atoms with E-state index < -0.39 is 0 Å². The molecule has 0 aliphatic carbocycles. The smallest absolute Gasteiger partial charge is 0.118 e. The largest absolute Gasteiger partial charge is 0.497 e. The molecule has 2 aromatic rings. The highest BCUT2D eigenvalue weighted by Crippen LogP contribution is 2.25. The van der Waals surface area contributed by atoms with Crippen molar-refractivity contribution in [2.45, 2.75) is 25.5 Å². The lowest BCUT2D eigenvalue weighted by Gasteiger charge is -2.38. The number of hydrogen-bond donors (Lipinski definition) is 0. The van der Waals surface area contributed by atoms with Gasteiger partial charge in [-0.1, -0.05) is 12.1 Å². The number of piperidine rings is 1. The second-order valence-corrected chi connectivity index (χ2v) is 6.63. The van der Waals surface area contributed by atoms with Crippen LogP contribution in [-0.4, -0.2) is 48.1 Å². The minimum Gasteiger partial charge on any atom is -0.497 e. The van der Waals surface area contributed by atoms with Crippen molar-refractivity contribution in [1.82, 2.24) is 14.7 Å². The Labute approximate surface area is 144 Å². The molecule has 24 heavy (non-hydrogen) atoms. The Morgan fingerprint density at radius 2 is 1.96 bits per heavy atom. The van der Waals surface area contributed by atoms with E-state index in [1.807, 2.05) is 37.2 Å². The van der Waals surface area contributed by atoms with E-state index in [0.717, 1.165) is 38.2 Å². The Morgan fingerprint density at radius 1 is 1.17 bits per heavy atom. The molecule has 3 rings (SSSR count). The summed E-state index contributed by atoms with van der Waals surface area (Å²) in [6, 6.07) is 8.39. The zero-order chi connectivity index (χ0) is 16.9. The second-order valence-electron chi connectivity index (χ2n) is 6.63. The van der Waals surface area contributed by atoms with Gasteiger partial charge in [0.2, 0.25) is 0 Å². The molecule has 0 saturated carbocycles. The number of nitrogens with zero attached hydrogens (tertiary/aromatic N) is 3. The van der Waals surface area contributed by atoms with Crippen molar-refractivity contribution in [3.8, 4) is 5.75 Å². The van der Waals surface area contributed by atoms with Crippen molar-refractivity contribution in [3.63, 3.8) is 0 Å². The van der Waals surface area contributed by atoms with Crippen molar-refractivity contribution in [1.29, 1.82) is 0 Å². The normalized spacial score (nSPS) is 21.8. The van der Waals surface area contributed by atoms with Gasteiger partial charge < -0.3 is 9.47 Å². The SMILES string of the molecule is COc1ccc(C[C@H]2CN(Cc3cnn(C)c3)CC[C@@H]2OC)cc1. The highest BCUT2D eigenvalue weighted by atomic mass is 16.5. The molecule has 0 N–H and O–H groups in total. The standard InChI is InChI=1S/C19H27N3O2/c1-21-12-16(11-20-21)13-22-9-8-19(24-3)17(14-22)10-15-4-6-18(23-2)7-5-15/h4-7,11-12,17,19H,8-10,13-14H2,1-3H3/t17-,19-/m0/s1. The van der Waals surface area contributed by atoms with E-state index in [9.17, 15) is 0 Å². The molecule has 5 nitrogen and oxygen atoms in total. The molecular weight excluding hydrogens is 302 g/mol. The van der Waals surface area contributed by atoms with Crippen LogP contribution in [0.1, 0.15) is 17.5 Å². The minimum atomic E-state index is 0.331. The molecule has 130 valence electrons. The van der Waals surface area contributed by atoms with E-state index in [1.54, 1.807) is 7.11 Å². The van der Waals surface area contributed by atoms with Crippen LogP contribution < -0.4 is 4.74 Å². The van der Waals surface area contributed by atoms with Crippen LogP contribution in [0.2, 0.25) is 0 Å². The Hall–Kier alpha value is -1.85. The molecule has 1 aliphatic heterocycles. The van der Waals surface area contributed by atoms with Crippen molar-refractivity contribution in [2.75, 3.05) is 27.3 Å². The lowest BCUT2D eigenvalue weighted by molar-refractivity contribution is -0.00849. The first-order valence-corrected chi connectivity index (χ1v) is 8.53. The molecule has 0 spiro atoms. The topological polar surface area (TPSA) is 39.5 Å². The van der Waals surface area contributed by atoms with E-state index in [2.05, 4.69) is 28.3 Å². The highest BCUT2D eigenvalue weighted by Gasteiger charge is 2.29. The summed E-state index contributed by atoms with van der Waals surface area (Å²) in [5, 5.41) is 4.27. The van der Waals surface area contributed by atoms with Gasteiger partial charge in [0, 0.05) is 51.5 Å². The van der Waals surface area contributed by atoms with Gasteiger partial charge in [0.05, 0.1) is 19.4 Å². The van der Waals surface area contributed by atoms with Crippen LogP contribution in [0.5, 0.6) is 5.75 Å². The zero-order valence-corrected chi connectivity index (χ0v) is 14.8. The third kappa shape index (κ3) is 4.16. The first-order valence-electron chi connectivity index (χ1n) is 8.53. The van der Waals surface area contributed by atoms with Crippen molar-refractivity contribution in [3.05, 3.63) is 47.8 Å². The monoisotopic (exact) mass is 329 g/mol. The highest BCUT2D eigenvalue weighted by molar-refractivity contribution is 5.27. The number of hydrogen-bond acceptors (Lipinski definition) is 4. The summed E-state index contributed by atoms with van der Waals surface area (Å²) in [5.74, 6) is 1.41. The van der Waals surface area contributed by atoms with Crippen molar-refractivity contribution < 1.29 is 9.47 Å². The van der Waals surface area contributed by atoms with Crippen LogP contribution >= 0.6 is 0 Å². The lowest BCUT2D eigenvalue weighted by Crippen LogP contribution is -2.44. The van der Waals surface area contributed by atoms with E-state index in [-0.39, 0.29) is 0 Å². The lowest BCUT2D eigenvalue weighted by atomic mass is 9.88. The maximum absolute atomic E-state index is 5.76. The fourth-order valence-corrected chi connectivity index (χ4v) is 3.61. The zero-order valence-electron chi connectivity index (χ0n) is 14.8. The average Bonchev–Trinajstić information content (AvgIpc) is 3.01. The first-order chi connectivity index (χ1) is 11.7. The van der Waals surface area contributed by atoms with Crippen LogP contribution in [0.15, 0.2) is 36.7 Å². The molecule has 0 bridgehead atoms. The number of methoxy groups -OCH3 is 2. The van der Waals surface area contributed by atoms with Gasteiger partial charge >= 0.3 is 0 Å². The van der Waals surface area contributed by atoms with Gasteiger partial charge in [-0.05, 0) is 30.5 Å². The Bertz CT molecular complexity index is 638. The minimum absolute atomic E-state index is 0.331. The quantitative estimate of drug-likeness (QED) is 0.816. The van der Waals surface area contributed by atoms with E-state index in [4.69, 9.17) is 9.47 Å². The summed E-state index contributed by atoms with van der Waals surface area (Å²) in [4.78, 5) is 2.51. The van der Waals surface area contributed by atoms with E-state index in [1.165, 1.54) is 11.1 Å². The van der Waals surface area contributed by atoms with Gasteiger partial charge in [-0.15, -0.1) is 0 Å². The number of aryl methyl sites for hydroxylation is 1. The molecule has 2 heterocycles. The van der Waals surface area contributed by atoms with E-state index >= 15 is 0 Å². The molecule has 5 heteroatoms. The fourth-order valence-electron chi connectivity index (χ4n) is 3.61. The van der Waals surface area contributed by atoms with Crippen molar-refractivity contribution in [2.24, 2.45) is 13.0 Å². The summed E-state index contributed by atoms with van der Waals surface area (Å²) in [6.07, 6.45) is 6.50. The molecule has 0 amide bonds. The number of benzene rings is 1. The second kappa shape index (κ2) is 7.81. The van der Waals surface area contributed by atoms with Gasteiger partial charge in [0.15, 0.2) is 0 Å². The third-order valence-corrected chi connectivity index (χ3v) is 4.87. The van der Waals surface area contributed by atoms with Gasteiger partial charge in [0.1, 0.15) is 5.75 Å². The van der Waals surface area contributed by atoms with Crippen LogP contribution in [0.3, 0.4) is 0 Å². The Morgan fingerprint density at radius 3 is 2.58 bits per heavy atom. The Balaban J connectivity index is 1.64. The van der Waals surface area contributed by atoms with Gasteiger partial charge in [-0.25, -0.2) is 0 Å².